The summed E-state index contributed by atoms with van der Waals surface area (Å²) in [5.41, 5.74) is 6.03. The number of aryl methyl sites for hydroxylation is 1. The van der Waals surface area contributed by atoms with Crippen molar-refractivity contribution in [3.8, 4) is 5.75 Å². The molecule has 2 rings (SSSR count). The highest BCUT2D eigenvalue weighted by molar-refractivity contribution is 5.97. The van der Waals surface area contributed by atoms with Crippen molar-refractivity contribution in [1.29, 1.82) is 0 Å². The summed E-state index contributed by atoms with van der Waals surface area (Å²) >= 11 is 0. The van der Waals surface area contributed by atoms with Gasteiger partial charge in [-0.1, -0.05) is 45.9 Å². The summed E-state index contributed by atoms with van der Waals surface area (Å²) in [4.78, 5) is 25.1. The summed E-state index contributed by atoms with van der Waals surface area (Å²) in [6.45, 7) is 9.91. The fraction of sp³-hybridized carbons (Fsp3) is 0.375. The van der Waals surface area contributed by atoms with Crippen molar-refractivity contribution in [1.82, 2.24) is 10.7 Å². The van der Waals surface area contributed by atoms with Crippen molar-refractivity contribution in [3.05, 3.63) is 64.7 Å². The molecule has 0 saturated heterocycles. The number of carbonyl (C=O) groups excluding carboxylic acids is 2. The second-order valence-corrected chi connectivity index (χ2v) is 7.90. The lowest BCUT2D eigenvalue weighted by molar-refractivity contribution is -0.123. The lowest BCUT2D eigenvalue weighted by Crippen LogP contribution is -2.48. The third-order valence-corrected chi connectivity index (χ3v) is 4.89. The van der Waals surface area contributed by atoms with Crippen LogP contribution in [-0.4, -0.2) is 31.2 Å². The number of methoxy groups -OCH3 is 1. The largest absolute Gasteiger partial charge is 0.496 e. The van der Waals surface area contributed by atoms with E-state index in [4.69, 9.17) is 4.74 Å². The number of hydrogen-bond acceptors (Lipinski definition) is 4. The van der Waals surface area contributed by atoms with E-state index in [1.54, 1.807) is 37.6 Å². The van der Waals surface area contributed by atoms with Crippen LogP contribution in [0.2, 0.25) is 0 Å². The molecule has 160 valence electrons. The zero-order valence-electron chi connectivity index (χ0n) is 18.5. The predicted molar refractivity (Wildman–Crippen MR) is 120 cm³/mol. The van der Waals surface area contributed by atoms with Crippen molar-refractivity contribution in [2.75, 3.05) is 7.11 Å². The molecule has 0 aromatic heterocycles. The molecule has 0 radical (unpaired) electrons. The van der Waals surface area contributed by atoms with Gasteiger partial charge in [-0.15, -0.1) is 0 Å². The lowest BCUT2D eigenvalue weighted by Gasteiger charge is -2.20. The summed E-state index contributed by atoms with van der Waals surface area (Å²) < 4.78 is 5.46. The van der Waals surface area contributed by atoms with E-state index in [-0.39, 0.29) is 17.7 Å². The van der Waals surface area contributed by atoms with Gasteiger partial charge in [0.25, 0.3) is 11.8 Å². The van der Waals surface area contributed by atoms with Gasteiger partial charge in [-0.3, -0.25) is 9.59 Å². The molecule has 2 N–H and O–H groups in total. The van der Waals surface area contributed by atoms with Gasteiger partial charge in [0.15, 0.2) is 0 Å². The molecule has 0 heterocycles. The Morgan fingerprint density at radius 3 is 2.30 bits per heavy atom. The number of hydrogen-bond donors (Lipinski definition) is 2. The first-order chi connectivity index (χ1) is 14.2. The second kappa shape index (κ2) is 10.6. The average molecular weight is 410 g/mol. The molecule has 6 heteroatoms. The molecular weight excluding hydrogens is 378 g/mol. The van der Waals surface area contributed by atoms with Gasteiger partial charge in [0, 0.05) is 5.56 Å². The molecule has 0 aliphatic rings. The molecule has 0 fully saturated rings. The average Bonchev–Trinajstić information content (AvgIpc) is 2.72. The van der Waals surface area contributed by atoms with Crippen LogP contribution in [0.1, 0.15) is 60.7 Å². The fourth-order valence-corrected chi connectivity index (χ4v) is 3.07. The van der Waals surface area contributed by atoms with Crippen LogP contribution in [-0.2, 0) is 4.79 Å². The Balaban J connectivity index is 2.11. The summed E-state index contributed by atoms with van der Waals surface area (Å²) in [6, 6.07) is 12.1. The van der Waals surface area contributed by atoms with Gasteiger partial charge in [0.1, 0.15) is 11.8 Å². The van der Waals surface area contributed by atoms with Crippen LogP contribution in [0.4, 0.5) is 0 Å². The summed E-state index contributed by atoms with van der Waals surface area (Å²) in [6.07, 6.45) is 1.62. The van der Waals surface area contributed by atoms with Crippen LogP contribution in [0.3, 0.4) is 0 Å². The van der Waals surface area contributed by atoms with Gasteiger partial charge in [-0.25, -0.2) is 5.43 Å². The number of amides is 2. The maximum absolute atomic E-state index is 12.6. The van der Waals surface area contributed by atoms with Gasteiger partial charge < -0.3 is 10.1 Å². The molecule has 2 aromatic carbocycles. The number of benzene rings is 2. The van der Waals surface area contributed by atoms with E-state index in [1.165, 1.54) is 0 Å². The number of ether oxygens (including phenoxy) is 1. The van der Waals surface area contributed by atoms with Crippen molar-refractivity contribution in [2.45, 2.75) is 46.6 Å². The number of nitrogens with zero attached hydrogens (tertiary/aromatic N) is 1. The van der Waals surface area contributed by atoms with Crippen LogP contribution in [0.25, 0.3) is 0 Å². The van der Waals surface area contributed by atoms with Crippen molar-refractivity contribution < 1.29 is 14.3 Å². The molecule has 2 aromatic rings. The van der Waals surface area contributed by atoms with Crippen molar-refractivity contribution >= 4 is 18.0 Å². The van der Waals surface area contributed by atoms with E-state index >= 15 is 0 Å². The Hall–Kier alpha value is -3.15. The first kappa shape index (κ1) is 23.1. The van der Waals surface area contributed by atoms with E-state index in [2.05, 4.69) is 29.7 Å². The van der Waals surface area contributed by atoms with Gasteiger partial charge in [-0.2, -0.15) is 5.10 Å². The van der Waals surface area contributed by atoms with Crippen molar-refractivity contribution in [3.63, 3.8) is 0 Å². The van der Waals surface area contributed by atoms with E-state index in [1.807, 2.05) is 39.0 Å². The predicted octanol–water partition coefficient (Wildman–Crippen LogP) is 4.03. The van der Waals surface area contributed by atoms with Gasteiger partial charge in [0.05, 0.1) is 13.3 Å². The maximum Gasteiger partial charge on any atom is 0.262 e. The minimum absolute atomic E-state index is 0.0943. The maximum atomic E-state index is 12.6. The summed E-state index contributed by atoms with van der Waals surface area (Å²) in [5, 5.41) is 6.92. The summed E-state index contributed by atoms with van der Waals surface area (Å²) in [7, 11) is 1.66. The molecule has 0 saturated carbocycles. The fourth-order valence-electron chi connectivity index (χ4n) is 3.07. The smallest absolute Gasteiger partial charge is 0.262 e. The van der Waals surface area contributed by atoms with Crippen LogP contribution in [0.15, 0.2) is 47.6 Å². The zero-order valence-corrected chi connectivity index (χ0v) is 18.5. The SMILES string of the molecule is COc1cc(C)c(C=NNC(=O)C(NC(=O)c2ccccc2)C(C)C)cc1C(C)C. The van der Waals surface area contributed by atoms with E-state index in [9.17, 15) is 9.59 Å². The van der Waals surface area contributed by atoms with Gasteiger partial charge >= 0.3 is 0 Å². The molecule has 0 bridgehead atoms. The van der Waals surface area contributed by atoms with Gasteiger partial charge in [-0.05, 0) is 59.7 Å². The Labute approximate surface area is 178 Å². The Kier molecular flexibility index (Phi) is 8.16. The first-order valence-electron chi connectivity index (χ1n) is 10.1. The van der Waals surface area contributed by atoms with E-state index in [0.29, 0.717) is 11.5 Å². The Bertz CT molecular complexity index is 905. The number of rotatable bonds is 8. The topological polar surface area (TPSA) is 79.8 Å². The molecule has 0 aliphatic heterocycles. The number of nitrogens with one attached hydrogen (secondary N) is 2. The third kappa shape index (κ3) is 5.92. The minimum Gasteiger partial charge on any atom is -0.496 e. The highest BCUT2D eigenvalue weighted by Crippen LogP contribution is 2.29. The minimum atomic E-state index is -0.696. The van der Waals surface area contributed by atoms with E-state index < -0.39 is 6.04 Å². The zero-order chi connectivity index (χ0) is 22.3. The molecule has 0 spiro atoms. The second-order valence-electron chi connectivity index (χ2n) is 7.90. The lowest BCUT2D eigenvalue weighted by atomic mass is 9.97. The number of carbonyl (C=O) groups is 2. The number of hydrazone groups is 1. The van der Waals surface area contributed by atoms with Crippen LogP contribution >= 0.6 is 0 Å². The molecular formula is C24H31N3O3. The first-order valence-corrected chi connectivity index (χ1v) is 10.1. The quantitative estimate of drug-likeness (QED) is 0.510. The molecule has 1 atom stereocenters. The molecule has 2 amide bonds. The highest BCUT2D eigenvalue weighted by atomic mass is 16.5. The summed E-state index contributed by atoms with van der Waals surface area (Å²) in [5.74, 6) is 0.387. The van der Waals surface area contributed by atoms with Crippen molar-refractivity contribution in [2.24, 2.45) is 11.0 Å². The van der Waals surface area contributed by atoms with E-state index in [0.717, 1.165) is 22.4 Å². The highest BCUT2D eigenvalue weighted by Gasteiger charge is 2.24. The third-order valence-electron chi connectivity index (χ3n) is 4.89. The Morgan fingerprint density at radius 2 is 1.73 bits per heavy atom. The van der Waals surface area contributed by atoms with Gasteiger partial charge in [0.2, 0.25) is 0 Å². The Morgan fingerprint density at radius 1 is 1.07 bits per heavy atom. The standard InChI is InChI=1S/C24H31N3O3/c1-15(2)20-13-19(17(5)12-21(20)30-6)14-25-27-24(29)22(16(3)4)26-23(28)18-10-8-7-9-11-18/h7-16,22H,1-6H3,(H,26,28)(H,27,29). The molecule has 0 aliphatic carbocycles. The molecule has 30 heavy (non-hydrogen) atoms. The van der Waals surface area contributed by atoms with Crippen LogP contribution in [0, 0.1) is 12.8 Å². The van der Waals surface area contributed by atoms with Crippen LogP contribution in [0.5, 0.6) is 5.75 Å². The van der Waals surface area contributed by atoms with Crippen LogP contribution < -0.4 is 15.5 Å². The molecule has 1 unspecified atom stereocenters. The molecule has 6 nitrogen and oxygen atoms in total. The monoisotopic (exact) mass is 409 g/mol. The normalized spacial score (nSPS) is 12.3.